The average Bonchev–Trinajstić information content (AvgIpc) is 2.84. The number of amides is 1. The second kappa shape index (κ2) is 8.49. The highest BCUT2D eigenvalue weighted by Crippen LogP contribution is 2.60. The van der Waals surface area contributed by atoms with Gasteiger partial charge in [-0.25, -0.2) is 8.42 Å². The highest BCUT2D eigenvalue weighted by molar-refractivity contribution is 7.89. The number of nitrogens with one attached hydrogen (secondary N) is 1. The van der Waals surface area contributed by atoms with Crippen LogP contribution in [-0.2, 0) is 14.8 Å². The van der Waals surface area contributed by atoms with Crippen molar-refractivity contribution in [3.05, 3.63) is 54.6 Å². The molecular formula is C28H34N2O3S. The molecule has 1 aliphatic heterocycles. The summed E-state index contributed by atoms with van der Waals surface area (Å²) in [4.78, 5) is 13.7. The summed E-state index contributed by atoms with van der Waals surface area (Å²) in [5.74, 6) is 2.50. The number of hydrogen-bond donors (Lipinski definition) is 1. The minimum atomic E-state index is -3.53. The number of carbonyl (C=O) groups is 1. The molecule has 34 heavy (non-hydrogen) atoms. The lowest BCUT2D eigenvalue weighted by Crippen LogP contribution is -2.56. The molecule has 5 nitrogen and oxygen atoms in total. The van der Waals surface area contributed by atoms with Gasteiger partial charge in [0.05, 0.1) is 4.90 Å². The van der Waals surface area contributed by atoms with Crippen LogP contribution >= 0.6 is 0 Å². The Hall–Kier alpha value is -2.18. The van der Waals surface area contributed by atoms with E-state index in [-0.39, 0.29) is 17.4 Å². The summed E-state index contributed by atoms with van der Waals surface area (Å²) in [6.07, 6.45) is 8.54. The Morgan fingerprint density at radius 3 is 1.88 bits per heavy atom. The van der Waals surface area contributed by atoms with Crippen molar-refractivity contribution >= 4 is 15.9 Å². The van der Waals surface area contributed by atoms with E-state index < -0.39 is 10.0 Å². The van der Waals surface area contributed by atoms with Crippen LogP contribution in [0.25, 0.3) is 11.1 Å². The third-order valence-electron chi connectivity index (χ3n) is 8.91. The van der Waals surface area contributed by atoms with Gasteiger partial charge in [-0.2, -0.15) is 4.31 Å². The number of carbonyl (C=O) groups excluding carboxylic acids is 1. The first kappa shape index (κ1) is 22.3. The van der Waals surface area contributed by atoms with Gasteiger partial charge >= 0.3 is 0 Å². The Kier molecular flexibility index (Phi) is 5.57. The Bertz CT molecular complexity index is 1120. The molecule has 0 aromatic heterocycles. The van der Waals surface area contributed by atoms with Gasteiger partial charge in [0, 0.05) is 24.5 Å². The summed E-state index contributed by atoms with van der Waals surface area (Å²) in [5, 5.41) is 3.35. The number of sulfonamides is 1. The zero-order chi connectivity index (χ0) is 23.3. The van der Waals surface area contributed by atoms with E-state index in [0.29, 0.717) is 30.8 Å². The van der Waals surface area contributed by atoms with Gasteiger partial charge in [0.1, 0.15) is 0 Å². The fourth-order valence-corrected chi connectivity index (χ4v) is 9.04. The van der Waals surface area contributed by atoms with Gasteiger partial charge in [-0.15, -0.1) is 0 Å². The predicted molar refractivity (Wildman–Crippen MR) is 132 cm³/mol. The molecule has 4 saturated carbocycles. The van der Waals surface area contributed by atoms with E-state index in [4.69, 9.17) is 0 Å². The van der Waals surface area contributed by atoms with Gasteiger partial charge in [-0.05, 0) is 92.4 Å². The van der Waals surface area contributed by atoms with Crippen LogP contribution in [0.5, 0.6) is 0 Å². The summed E-state index contributed by atoms with van der Waals surface area (Å²) in [7, 11) is -3.53. The maximum atomic E-state index is 13.4. The largest absolute Gasteiger partial charge is 0.353 e. The number of rotatable bonds is 5. The third kappa shape index (κ3) is 3.99. The summed E-state index contributed by atoms with van der Waals surface area (Å²) >= 11 is 0. The van der Waals surface area contributed by atoms with Crippen molar-refractivity contribution in [2.75, 3.05) is 13.1 Å². The van der Waals surface area contributed by atoms with E-state index in [9.17, 15) is 13.2 Å². The van der Waals surface area contributed by atoms with Crippen LogP contribution < -0.4 is 5.32 Å². The second-order valence-corrected chi connectivity index (χ2v) is 13.2. The van der Waals surface area contributed by atoms with E-state index in [1.807, 2.05) is 42.5 Å². The zero-order valence-electron chi connectivity index (χ0n) is 19.7. The minimum Gasteiger partial charge on any atom is -0.353 e. The molecule has 5 fully saturated rings. The van der Waals surface area contributed by atoms with E-state index in [1.165, 1.54) is 19.3 Å². The quantitative estimate of drug-likeness (QED) is 0.669. The second-order valence-electron chi connectivity index (χ2n) is 11.2. The van der Waals surface area contributed by atoms with Crippen molar-refractivity contribution in [1.29, 1.82) is 0 Å². The Morgan fingerprint density at radius 2 is 1.32 bits per heavy atom. The fourth-order valence-electron chi connectivity index (χ4n) is 7.57. The number of piperidine rings is 1. The molecule has 0 radical (unpaired) electrons. The molecule has 0 atom stereocenters. The van der Waals surface area contributed by atoms with Gasteiger partial charge in [-0.3, -0.25) is 4.79 Å². The lowest BCUT2D eigenvalue weighted by atomic mass is 9.49. The van der Waals surface area contributed by atoms with Gasteiger partial charge in [0.15, 0.2) is 0 Å². The standard InChI is InChI=1S/C28H34N2O3S/c31-27(28-17-20-14-21(18-28)16-22(15-20)19-28)29-25-10-12-30(13-11-25)34(32,33)26-8-6-24(7-9-26)23-4-2-1-3-5-23/h1-9,20-22,25H,10-19H2,(H,29,31). The molecule has 1 amide bonds. The van der Waals surface area contributed by atoms with Crippen molar-refractivity contribution in [3.63, 3.8) is 0 Å². The first-order valence-electron chi connectivity index (χ1n) is 12.9. The van der Waals surface area contributed by atoms with Crippen molar-refractivity contribution in [2.45, 2.75) is 62.3 Å². The van der Waals surface area contributed by atoms with Crippen LogP contribution in [-0.4, -0.2) is 37.8 Å². The number of nitrogens with zero attached hydrogens (tertiary/aromatic N) is 1. The normalized spacial score (nSPS) is 31.5. The van der Waals surface area contributed by atoms with Crippen molar-refractivity contribution in [2.24, 2.45) is 23.2 Å². The molecule has 6 heteroatoms. The lowest BCUT2D eigenvalue weighted by Gasteiger charge is -2.56. The molecule has 2 aromatic rings. The molecule has 1 N–H and O–H groups in total. The topological polar surface area (TPSA) is 66.5 Å². The molecular weight excluding hydrogens is 444 g/mol. The fraction of sp³-hybridized carbons (Fsp3) is 0.536. The molecule has 0 spiro atoms. The third-order valence-corrected chi connectivity index (χ3v) is 10.8. The first-order chi connectivity index (χ1) is 16.4. The monoisotopic (exact) mass is 478 g/mol. The van der Waals surface area contributed by atoms with Gasteiger partial charge in [-0.1, -0.05) is 42.5 Å². The molecule has 7 rings (SSSR count). The number of hydrogen-bond acceptors (Lipinski definition) is 3. The van der Waals surface area contributed by atoms with E-state index in [1.54, 1.807) is 16.4 Å². The summed E-state index contributed by atoms with van der Waals surface area (Å²) in [6, 6.07) is 17.2. The minimum absolute atomic E-state index is 0.0763. The zero-order valence-corrected chi connectivity index (χ0v) is 20.5. The van der Waals surface area contributed by atoms with Crippen LogP contribution in [0.4, 0.5) is 0 Å². The maximum absolute atomic E-state index is 13.4. The SMILES string of the molecule is O=C(NC1CCN(S(=O)(=O)c2ccc(-c3ccccc3)cc2)CC1)C12CC3CC(CC(C3)C1)C2. The Morgan fingerprint density at radius 1 is 0.794 bits per heavy atom. The first-order valence-corrected chi connectivity index (χ1v) is 14.3. The smallest absolute Gasteiger partial charge is 0.243 e. The van der Waals surface area contributed by atoms with Crippen LogP contribution in [0, 0.1) is 23.2 Å². The van der Waals surface area contributed by atoms with E-state index in [0.717, 1.165) is 48.1 Å². The predicted octanol–water partition coefficient (Wildman–Crippen LogP) is 4.84. The average molecular weight is 479 g/mol. The molecule has 2 aromatic carbocycles. The summed E-state index contributed by atoms with van der Waals surface area (Å²) in [5.41, 5.74) is 1.94. The van der Waals surface area contributed by atoms with Crippen LogP contribution in [0.15, 0.2) is 59.5 Å². The van der Waals surface area contributed by atoms with Crippen molar-refractivity contribution in [1.82, 2.24) is 9.62 Å². The highest BCUT2D eigenvalue weighted by atomic mass is 32.2. The van der Waals surface area contributed by atoms with Gasteiger partial charge in [0.25, 0.3) is 0 Å². The van der Waals surface area contributed by atoms with E-state index >= 15 is 0 Å². The molecule has 5 aliphatic rings. The van der Waals surface area contributed by atoms with Crippen LogP contribution in [0.1, 0.15) is 51.4 Å². The summed E-state index contributed by atoms with van der Waals surface area (Å²) in [6.45, 7) is 0.906. The van der Waals surface area contributed by atoms with Gasteiger partial charge < -0.3 is 5.32 Å². The molecule has 1 heterocycles. The summed E-state index contributed by atoms with van der Waals surface area (Å²) < 4.78 is 28.0. The highest BCUT2D eigenvalue weighted by Gasteiger charge is 2.54. The Balaban J connectivity index is 1.08. The maximum Gasteiger partial charge on any atom is 0.243 e. The lowest BCUT2D eigenvalue weighted by molar-refractivity contribution is -0.147. The number of benzene rings is 2. The van der Waals surface area contributed by atoms with Crippen LogP contribution in [0.2, 0.25) is 0 Å². The van der Waals surface area contributed by atoms with Gasteiger partial charge in [0.2, 0.25) is 15.9 Å². The van der Waals surface area contributed by atoms with E-state index in [2.05, 4.69) is 5.32 Å². The molecule has 0 unspecified atom stereocenters. The molecule has 4 aliphatic carbocycles. The molecule has 1 saturated heterocycles. The van der Waals surface area contributed by atoms with Crippen molar-refractivity contribution in [3.8, 4) is 11.1 Å². The van der Waals surface area contributed by atoms with Crippen LogP contribution in [0.3, 0.4) is 0 Å². The molecule has 180 valence electrons. The molecule has 4 bridgehead atoms. The Labute approximate surface area is 203 Å². The van der Waals surface area contributed by atoms with Crippen molar-refractivity contribution < 1.29 is 13.2 Å².